The summed E-state index contributed by atoms with van der Waals surface area (Å²) in [6.45, 7) is 2.56. The van der Waals surface area contributed by atoms with Crippen molar-refractivity contribution in [2.45, 2.75) is 32.3 Å². The Hall–Kier alpha value is -2.62. The van der Waals surface area contributed by atoms with Gasteiger partial charge in [-0.05, 0) is 61.4 Å². The average molecular weight is 326 g/mol. The molecule has 0 aliphatic rings. The van der Waals surface area contributed by atoms with Crippen molar-refractivity contribution in [3.05, 3.63) is 59.7 Å². The van der Waals surface area contributed by atoms with Gasteiger partial charge in [-0.15, -0.1) is 0 Å². The highest BCUT2D eigenvalue weighted by atomic mass is 16.5. The predicted molar refractivity (Wildman–Crippen MR) is 93.1 cm³/mol. The van der Waals surface area contributed by atoms with Crippen molar-refractivity contribution >= 4 is 12.6 Å². The average Bonchev–Trinajstić information content (AvgIpc) is 2.65. The summed E-state index contributed by atoms with van der Waals surface area (Å²) in [6, 6.07) is 14.1. The van der Waals surface area contributed by atoms with Crippen LogP contribution in [0.1, 0.15) is 46.9 Å². The highest BCUT2D eigenvalue weighted by molar-refractivity contribution is 5.75. The van der Waals surface area contributed by atoms with E-state index in [1.165, 1.54) is 0 Å². The molecule has 0 aliphatic heterocycles. The summed E-state index contributed by atoms with van der Waals surface area (Å²) in [4.78, 5) is 21.4. The van der Waals surface area contributed by atoms with Gasteiger partial charge >= 0.3 is 0 Å². The predicted octanol–water partition coefficient (Wildman–Crippen LogP) is 4.33. The largest absolute Gasteiger partial charge is 0.490 e. The van der Waals surface area contributed by atoms with E-state index in [1.807, 2.05) is 0 Å². The number of hydrogen-bond donors (Lipinski definition) is 0. The monoisotopic (exact) mass is 326 g/mol. The third-order valence-corrected chi connectivity index (χ3v) is 3.65. The fourth-order valence-corrected chi connectivity index (χ4v) is 2.26. The standard InChI is InChI=1S/C20H22O4/c1-2-3-4-20(24-19-11-7-17(14-22)8-12-19)15-23-18-9-5-16(13-21)6-10-18/h5-14,20H,2-4,15H2,1H3. The van der Waals surface area contributed by atoms with Crippen LogP contribution in [0.3, 0.4) is 0 Å². The smallest absolute Gasteiger partial charge is 0.150 e. The molecule has 0 amide bonds. The number of ether oxygens (including phenoxy) is 2. The molecule has 4 heteroatoms. The molecule has 2 aromatic rings. The third-order valence-electron chi connectivity index (χ3n) is 3.65. The molecule has 24 heavy (non-hydrogen) atoms. The van der Waals surface area contributed by atoms with Gasteiger partial charge in [0.1, 0.15) is 36.8 Å². The SMILES string of the molecule is CCCCC(COc1ccc(C=O)cc1)Oc1ccc(C=O)cc1. The van der Waals surface area contributed by atoms with Gasteiger partial charge in [0.15, 0.2) is 0 Å². The van der Waals surface area contributed by atoms with Gasteiger partial charge in [-0.2, -0.15) is 0 Å². The second kappa shape index (κ2) is 9.50. The van der Waals surface area contributed by atoms with Crippen molar-refractivity contribution < 1.29 is 19.1 Å². The van der Waals surface area contributed by atoms with Crippen LogP contribution in [0.5, 0.6) is 11.5 Å². The van der Waals surface area contributed by atoms with E-state index in [1.54, 1.807) is 48.5 Å². The molecule has 0 heterocycles. The minimum atomic E-state index is -0.0715. The summed E-state index contributed by atoms with van der Waals surface area (Å²) in [5, 5.41) is 0. The molecule has 0 saturated carbocycles. The molecular formula is C20H22O4. The van der Waals surface area contributed by atoms with Gasteiger partial charge in [0.25, 0.3) is 0 Å². The van der Waals surface area contributed by atoms with Crippen LogP contribution in [0, 0.1) is 0 Å². The molecular weight excluding hydrogens is 304 g/mol. The normalized spacial score (nSPS) is 11.5. The molecule has 0 spiro atoms. The minimum Gasteiger partial charge on any atom is -0.490 e. The Morgan fingerprint density at radius 1 is 0.875 bits per heavy atom. The number of benzene rings is 2. The lowest BCUT2D eigenvalue weighted by atomic mass is 10.1. The number of rotatable bonds is 10. The molecule has 0 fully saturated rings. The molecule has 0 aromatic heterocycles. The Morgan fingerprint density at radius 3 is 1.92 bits per heavy atom. The van der Waals surface area contributed by atoms with Crippen LogP contribution >= 0.6 is 0 Å². The van der Waals surface area contributed by atoms with Crippen LogP contribution in [-0.2, 0) is 0 Å². The Balaban J connectivity index is 1.95. The van der Waals surface area contributed by atoms with Crippen LogP contribution < -0.4 is 9.47 Å². The molecule has 0 radical (unpaired) electrons. The maximum absolute atomic E-state index is 10.7. The van der Waals surface area contributed by atoms with Crippen LogP contribution in [-0.4, -0.2) is 25.3 Å². The molecule has 0 N–H and O–H groups in total. The lowest BCUT2D eigenvalue weighted by Crippen LogP contribution is -2.25. The summed E-state index contributed by atoms with van der Waals surface area (Å²) in [6.07, 6.45) is 4.56. The van der Waals surface area contributed by atoms with Gasteiger partial charge < -0.3 is 9.47 Å². The quantitative estimate of drug-likeness (QED) is 0.610. The van der Waals surface area contributed by atoms with E-state index in [0.717, 1.165) is 37.6 Å². The second-order valence-corrected chi connectivity index (χ2v) is 5.57. The maximum atomic E-state index is 10.7. The van der Waals surface area contributed by atoms with Crippen LogP contribution in [0.15, 0.2) is 48.5 Å². The first-order chi connectivity index (χ1) is 11.7. The first-order valence-electron chi connectivity index (χ1n) is 8.15. The van der Waals surface area contributed by atoms with E-state index in [0.29, 0.717) is 23.5 Å². The number of carbonyl (C=O) groups excluding carboxylic acids is 2. The summed E-state index contributed by atoms with van der Waals surface area (Å²) < 4.78 is 11.8. The summed E-state index contributed by atoms with van der Waals surface area (Å²) in [7, 11) is 0. The van der Waals surface area contributed by atoms with E-state index in [-0.39, 0.29) is 6.10 Å². The molecule has 126 valence electrons. The minimum absolute atomic E-state index is 0.0715. The van der Waals surface area contributed by atoms with Crippen molar-refractivity contribution in [2.75, 3.05) is 6.61 Å². The first kappa shape index (κ1) is 17.7. The molecule has 0 aliphatic carbocycles. The molecule has 4 nitrogen and oxygen atoms in total. The van der Waals surface area contributed by atoms with Gasteiger partial charge in [0.2, 0.25) is 0 Å². The maximum Gasteiger partial charge on any atom is 0.150 e. The van der Waals surface area contributed by atoms with Gasteiger partial charge in [0.05, 0.1) is 0 Å². The number of carbonyl (C=O) groups is 2. The number of aldehydes is 2. The molecule has 0 saturated heterocycles. The Labute approximate surface area is 142 Å². The van der Waals surface area contributed by atoms with E-state index >= 15 is 0 Å². The van der Waals surface area contributed by atoms with E-state index in [9.17, 15) is 9.59 Å². The van der Waals surface area contributed by atoms with Crippen LogP contribution in [0.2, 0.25) is 0 Å². The van der Waals surface area contributed by atoms with E-state index < -0.39 is 0 Å². The van der Waals surface area contributed by atoms with Gasteiger partial charge in [-0.1, -0.05) is 13.3 Å². The Morgan fingerprint density at radius 2 is 1.42 bits per heavy atom. The van der Waals surface area contributed by atoms with Crippen LogP contribution in [0.4, 0.5) is 0 Å². The van der Waals surface area contributed by atoms with Gasteiger partial charge in [-0.25, -0.2) is 0 Å². The molecule has 2 aromatic carbocycles. The molecule has 1 atom stereocenters. The van der Waals surface area contributed by atoms with E-state index in [2.05, 4.69) is 6.92 Å². The van der Waals surface area contributed by atoms with Crippen molar-refractivity contribution in [1.82, 2.24) is 0 Å². The molecule has 2 rings (SSSR count). The number of hydrogen-bond acceptors (Lipinski definition) is 4. The Bertz CT molecular complexity index is 632. The highest BCUT2D eigenvalue weighted by Crippen LogP contribution is 2.18. The lowest BCUT2D eigenvalue weighted by Gasteiger charge is -2.19. The van der Waals surface area contributed by atoms with E-state index in [4.69, 9.17) is 9.47 Å². The van der Waals surface area contributed by atoms with Crippen molar-refractivity contribution in [3.8, 4) is 11.5 Å². The fraction of sp³-hybridized carbons (Fsp3) is 0.300. The second-order valence-electron chi connectivity index (χ2n) is 5.57. The highest BCUT2D eigenvalue weighted by Gasteiger charge is 2.12. The van der Waals surface area contributed by atoms with Crippen molar-refractivity contribution in [3.63, 3.8) is 0 Å². The summed E-state index contributed by atoms with van der Waals surface area (Å²) >= 11 is 0. The summed E-state index contributed by atoms with van der Waals surface area (Å²) in [5.41, 5.74) is 1.25. The van der Waals surface area contributed by atoms with Crippen molar-refractivity contribution in [1.29, 1.82) is 0 Å². The zero-order valence-electron chi connectivity index (χ0n) is 13.8. The molecule has 0 bridgehead atoms. The van der Waals surface area contributed by atoms with Crippen molar-refractivity contribution in [2.24, 2.45) is 0 Å². The third kappa shape index (κ3) is 5.54. The zero-order chi connectivity index (χ0) is 17.2. The first-order valence-corrected chi connectivity index (χ1v) is 8.15. The Kier molecular flexibility index (Phi) is 7.02. The lowest BCUT2D eigenvalue weighted by molar-refractivity contribution is 0.111. The topological polar surface area (TPSA) is 52.6 Å². The summed E-state index contributed by atoms with van der Waals surface area (Å²) in [5.74, 6) is 1.43. The fourth-order valence-electron chi connectivity index (χ4n) is 2.26. The zero-order valence-corrected chi connectivity index (χ0v) is 13.8. The number of unbranched alkanes of at least 4 members (excludes halogenated alkanes) is 1. The van der Waals surface area contributed by atoms with Gasteiger partial charge in [0, 0.05) is 11.1 Å². The van der Waals surface area contributed by atoms with Crippen LogP contribution in [0.25, 0.3) is 0 Å². The van der Waals surface area contributed by atoms with Gasteiger partial charge in [-0.3, -0.25) is 9.59 Å². The molecule has 1 unspecified atom stereocenters.